The summed E-state index contributed by atoms with van der Waals surface area (Å²) < 4.78 is 5.96. The lowest BCUT2D eigenvalue weighted by Gasteiger charge is -2.34. The number of aromatic amines is 1. The van der Waals surface area contributed by atoms with E-state index in [0.717, 1.165) is 48.1 Å². The van der Waals surface area contributed by atoms with Crippen molar-refractivity contribution in [2.45, 2.75) is 25.0 Å². The molecule has 2 unspecified atom stereocenters. The Morgan fingerprint density at radius 3 is 2.91 bits per heavy atom. The first kappa shape index (κ1) is 14.3. The summed E-state index contributed by atoms with van der Waals surface area (Å²) in [7, 11) is 1.84. The van der Waals surface area contributed by atoms with Crippen LogP contribution in [0.25, 0.3) is 16.6 Å². The van der Waals surface area contributed by atoms with E-state index in [-0.39, 0.29) is 0 Å². The van der Waals surface area contributed by atoms with Gasteiger partial charge in [-0.2, -0.15) is 0 Å². The molecule has 0 saturated carbocycles. The SMILES string of the molecule is CN/C=C(\C=N)c1c[nH]c2nccc(N3CC4CCC(C3)O4)c12. The molecule has 6 nitrogen and oxygen atoms in total. The third kappa shape index (κ3) is 2.39. The molecule has 2 bridgehead atoms. The Hall–Kier alpha value is -2.34. The van der Waals surface area contributed by atoms with Gasteiger partial charge in [-0.25, -0.2) is 4.98 Å². The van der Waals surface area contributed by atoms with Gasteiger partial charge in [-0.3, -0.25) is 0 Å². The van der Waals surface area contributed by atoms with Crippen LogP contribution in [0.15, 0.2) is 24.7 Å². The van der Waals surface area contributed by atoms with Crippen molar-refractivity contribution in [2.75, 3.05) is 25.0 Å². The fraction of sp³-hybridized carbons (Fsp3) is 0.412. The second kappa shape index (κ2) is 5.70. The number of ether oxygens (including phenoxy) is 1. The predicted octanol–water partition coefficient (Wildman–Crippen LogP) is 2.14. The van der Waals surface area contributed by atoms with Gasteiger partial charge in [0.05, 0.1) is 23.3 Å². The van der Waals surface area contributed by atoms with E-state index in [2.05, 4.69) is 26.3 Å². The van der Waals surface area contributed by atoms with Crippen LogP contribution in [0.3, 0.4) is 0 Å². The van der Waals surface area contributed by atoms with Gasteiger partial charge in [0.1, 0.15) is 5.65 Å². The lowest BCUT2D eigenvalue weighted by molar-refractivity contribution is 0.0306. The van der Waals surface area contributed by atoms with Crippen LogP contribution in [-0.2, 0) is 4.74 Å². The van der Waals surface area contributed by atoms with Crippen molar-refractivity contribution in [2.24, 2.45) is 0 Å². The normalized spacial score (nSPS) is 24.2. The summed E-state index contributed by atoms with van der Waals surface area (Å²) in [5, 5.41) is 11.8. The van der Waals surface area contributed by atoms with E-state index < -0.39 is 0 Å². The average Bonchev–Trinajstić information content (AvgIpc) is 3.15. The molecule has 120 valence electrons. The molecule has 0 aliphatic carbocycles. The zero-order valence-corrected chi connectivity index (χ0v) is 13.2. The van der Waals surface area contributed by atoms with E-state index in [1.54, 1.807) is 0 Å². The van der Waals surface area contributed by atoms with Crippen LogP contribution in [0, 0.1) is 5.41 Å². The van der Waals surface area contributed by atoms with Crippen LogP contribution in [0.1, 0.15) is 18.4 Å². The smallest absolute Gasteiger partial charge is 0.139 e. The molecule has 3 N–H and O–H groups in total. The predicted molar refractivity (Wildman–Crippen MR) is 92.0 cm³/mol. The van der Waals surface area contributed by atoms with Gasteiger partial charge in [-0.15, -0.1) is 0 Å². The average molecular weight is 311 g/mol. The Bertz CT molecular complexity index is 753. The zero-order chi connectivity index (χ0) is 15.8. The molecule has 2 saturated heterocycles. The van der Waals surface area contributed by atoms with E-state index in [1.165, 1.54) is 11.9 Å². The maximum atomic E-state index is 7.70. The number of hydrogen-bond donors (Lipinski definition) is 3. The maximum absolute atomic E-state index is 7.70. The van der Waals surface area contributed by atoms with Gasteiger partial charge in [-0.05, 0) is 18.9 Å². The Balaban J connectivity index is 1.82. The summed E-state index contributed by atoms with van der Waals surface area (Å²) in [6.07, 6.45) is 9.99. The fourth-order valence-electron chi connectivity index (χ4n) is 3.69. The van der Waals surface area contributed by atoms with Crippen molar-refractivity contribution in [3.63, 3.8) is 0 Å². The number of rotatable bonds is 4. The minimum absolute atomic E-state index is 0.342. The summed E-state index contributed by atoms with van der Waals surface area (Å²) in [5.41, 5.74) is 3.88. The first-order valence-corrected chi connectivity index (χ1v) is 8.05. The highest BCUT2D eigenvalue weighted by atomic mass is 16.5. The van der Waals surface area contributed by atoms with Crippen molar-refractivity contribution >= 4 is 28.5 Å². The molecule has 4 rings (SSSR count). The lowest BCUT2D eigenvalue weighted by Crippen LogP contribution is -2.42. The van der Waals surface area contributed by atoms with E-state index in [1.807, 2.05) is 25.6 Å². The van der Waals surface area contributed by atoms with Gasteiger partial charge < -0.3 is 25.3 Å². The van der Waals surface area contributed by atoms with Crippen molar-refractivity contribution < 1.29 is 4.74 Å². The number of fused-ring (bicyclic) bond motifs is 3. The van der Waals surface area contributed by atoms with Gasteiger partial charge in [0.2, 0.25) is 0 Å². The molecule has 2 aliphatic rings. The monoisotopic (exact) mass is 311 g/mol. The molecule has 2 aromatic heterocycles. The van der Waals surface area contributed by atoms with E-state index in [0.29, 0.717) is 12.2 Å². The Morgan fingerprint density at radius 1 is 1.43 bits per heavy atom. The topological polar surface area (TPSA) is 77.0 Å². The molecule has 0 aromatic carbocycles. The standard InChI is InChI=1S/C17H21N5O/c1-19-7-11(6-18)14-8-21-17-16(14)15(4-5-20-17)22-9-12-2-3-13(10-22)23-12/h4-8,12-13,18-19H,2-3,9-10H2,1H3,(H,20,21)/b11-7+,18-6?. The highest BCUT2D eigenvalue weighted by Gasteiger charge is 2.34. The van der Waals surface area contributed by atoms with Crippen molar-refractivity contribution in [3.8, 4) is 0 Å². The van der Waals surface area contributed by atoms with Crippen LogP contribution in [-0.4, -0.2) is 48.5 Å². The second-order valence-electron chi connectivity index (χ2n) is 6.15. The molecular weight excluding hydrogens is 290 g/mol. The number of morpholine rings is 1. The number of aromatic nitrogens is 2. The number of pyridine rings is 1. The Morgan fingerprint density at radius 2 is 2.22 bits per heavy atom. The minimum atomic E-state index is 0.342. The third-order valence-electron chi connectivity index (χ3n) is 4.70. The molecule has 2 atom stereocenters. The third-order valence-corrected chi connectivity index (χ3v) is 4.70. The summed E-state index contributed by atoms with van der Waals surface area (Å²) in [6, 6.07) is 2.07. The Kier molecular flexibility index (Phi) is 3.53. The van der Waals surface area contributed by atoms with Gasteiger partial charge in [0, 0.05) is 56.1 Å². The van der Waals surface area contributed by atoms with E-state index >= 15 is 0 Å². The lowest BCUT2D eigenvalue weighted by atomic mass is 10.1. The number of anilines is 1. The van der Waals surface area contributed by atoms with Crippen LogP contribution >= 0.6 is 0 Å². The molecular formula is C17H21N5O. The largest absolute Gasteiger partial charge is 0.393 e. The zero-order valence-electron chi connectivity index (χ0n) is 13.2. The quantitative estimate of drug-likeness (QED) is 0.756. The van der Waals surface area contributed by atoms with E-state index in [9.17, 15) is 0 Å². The molecule has 23 heavy (non-hydrogen) atoms. The molecule has 0 spiro atoms. The molecule has 2 aliphatic heterocycles. The van der Waals surface area contributed by atoms with Crippen molar-refractivity contribution in [1.29, 1.82) is 5.41 Å². The Labute approximate surface area is 135 Å². The first-order chi connectivity index (χ1) is 11.3. The first-order valence-electron chi connectivity index (χ1n) is 8.05. The highest BCUT2D eigenvalue weighted by molar-refractivity contribution is 6.15. The molecule has 4 heterocycles. The van der Waals surface area contributed by atoms with Gasteiger partial charge in [0.15, 0.2) is 0 Å². The van der Waals surface area contributed by atoms with E-state index in [4.69, 9.17) is 10.1 Å². The minimum Gasteiger partial charge on any atom is -0.393 e. The van der Waals surface area contributed by atoms with Gasteiger partial charge >= 0.3 is 0 Å². The summed E-state index contributed by atoms with van der Waals surface area (Å²) in [6.45, 7) is 1.85. The summed E-state index contributed by atoms with van der Waals surface area (Å²) in [4.78, 5) is 10.1. The van der Waals surface area contributed by atoms with Crippen LogP contribution in [0.5, 0.6) is 0 Å². The fourth-order valence-corrected chi connectivity index (χ4v) is 3.69. The molecule has 6 heteroatoms. The van der Waals surface area contributed by atoms with Crippen LogP contribution in [0.2, 0.25) is 0 Å². The molecule has 2 aromatic rings. The number of hydrogen-bond acceptors (Lipinski definition) is 5. The summed E-state index contributed by atoms with van der Waals surface area (Å²) >= 11 is 0. The van der Waals surface area contributed by atoms with Crippen molar-refractivity contribution in [3.05, 3.63) is 30.2 Å². The number of nitrogens with one attached hydrogen (secondary N) is 3. The van der Waals surface area contributed by atoms with Crippen LogP contribution in [0.4, 0.5) is 5.69 Å². The second-order valence-corrected chi connectivity index (χ2v) is 6.15. The number of allylic oxidation sites excluding steroid dienone is 1. The number of nitrogens with zero attached hydrogens (tertiary/aromatic N) is 2. The molecule has 0 radical (unpaired) electrons. The van der Waals surface area contributed by atoms with Gasteiger partial charge in [-0.1, -0.05) is 0 Å². The maximum Gasteiger partial charge on any atom is 0.139 e. The number of H-pyrrole nitrogens is 1. The summed E-state index contributed by atoms with van der Waals surface area (Å²) in [5.74, 6) is 0. The van der Waals surface area contributed by atoms with Crippen molar-refractivity contribution in [1.82, 2.24) is 15.3 Å². The molecule has 2 fully saturated rings. The molecule has 0 amide bonds. The van der Waals surface area contributed by atoms with Gasteiger partial charge in [0.25, 0.3) is 0 Å². The van der Waals surface area contributed by atoms with Crippen LogP contribution < -0.4 is 10.2 Å². The highest BCUT2D eigenvalue weighted by Crippen LogP contribution is 2.35.